The normalized spacial score (nSPS) is 10.4. The topological polar surface area (TPSA) is 72.3 Å². The molecule has 1 heterocycles. The average molecular weight is 255 g/mol. The molecule has 2 rings (SSSR count). The third-order valence-corrected chi connectivity index (χ3v) is 2.34. The van der Waals surface area contributed by atoms with Gasteiger partial charge in [-0.3, -0.25) is 0 Å². The molecule has 14 heavy (non-hydrogen) atoms. The zero-order valence-electron chi connectivity index (χ0n) is 7.07. The standard InChI is InChI=1S/C9H7BrN2O2/c10-5-1-2-6(8(13)3-5)7-4-12-14-9(7)11/h1-4,13H,11H2. The van der Waals surface area contributed by atoms with E-state index in [4.69, 9.17) is 10.3 Å². The molecule has 0 aliphatic carbocycles. The van der Waals surface area contributed by atoms with E-state index in [0.29, 0.717) is 11.1 Å². The van der Waals surface area contributed by atoms with E-state index < -0.39 is 0 Å². The molecule has 0 fully saturated rings. The van der Waals surface area contributed by atoms with Crippen LogP contribution in [-0.2, 0) is 0 Å². The van der Waals surface area contributed by atoms with E-state index in [1.807, 2.05) is 6.07 Å². The van der Waals surface area contributed by atoms with Gasteiger partial charge in [-0.2, -0.15) is 0 Å². The van der Waals surface area contributed by atoms with Crippen molar-refractivity contribution in [2.24, 2.45) is 0 Å². The molecule has 1 aromatic heterocycles. The fourth-order valence-electron chi connectivity index (χ4n) is 1.18. The number of hydrogen-bond acceptors (Lipinski definition) is 4. The minimum Gasteiger partial charge on any atom is -0.507 e. The lowest BCUT2D eigenvalue weighted by atomic mass is 10.1. The van der Waals surface area contributed by atoms with Crippen LogP contribution in [0.25, 0.3) is 11.1 Å². The SMILES string of the molecule is Nc1oncc1-c1ccc(Br)cc1O. The molecular formula is C9H7BrN2O2. The second kappa shape index (κ2) is 3.34. The van der Waals surface area contributed by atoms with Crippen LogP contribution in [0.4, 0.5) is 5.88 Å². The summed E-state index contributed by atoms with van der Waals surface area (Å²) < 4.78 is 5.51. The Kier molecular flexibility index (Phi) is 2.17. The van der Waals surface area contributed by atoms with E-state index in [1.165, 1.54) is 6.20 Å². The van der Waals surface area contributed by atoms with Crippen LogP contribution in [0.1, 0.15) is 0 Å². The highest BCUT2D eigenvalue weighted by atomic mass is 79.9. The number of benzene rings is 1. The van der Waals surface area contributed by atoms with Crippen LogP contribution in [0.15, 0.2) is 33.4 Å². The second-order valence-electron chi connectivity index (χ2n) is 2.77. The highest BCUT2D eigenvalue weighted by Crippen LogP contribution is 2.34. The van der Waals surface area contributed by atoms with E-state index in [9.17, 15) is 5.11 Å². The number of rotatable bonds is 1. The number of aromatic hydroxyl groups is 1. The minimum atomic E-state index is 0.134. The molecule has 0 amide bonds. The number of phenolic OH excluding ortho intramolecular Hbond substituents is 1. The molecule has 0 aliphatic rings. The quantitative estimate of drug-likeness (QED) is 0.820. The molecule has 4 nitrogen and oxygen atoms in total. The Bertz CT molecular complexity index is 468. The van der Waals surface area contributed by atoms with Crippen molar-refractivity contribution in [3.05, 3.63) is 28.9 Å². The van der Waals surface area contributed by atoms with Gasteiger partial charge in [0.1, 0.15) is 5.75 Å². The van der Waals surface area contributed by atoms with E-state index in [0.717, 1.165) is 4.47 Å². The maximum absolute atomic E-state index is 9.63. The number of halogens is 1. The van der Waals surface area contributed by atoms with Crippen LogP contribution in [0.5, 0.6) is 5.75 Å². The molecule has 0 unspecified atom stereocenters. The monoisotopic (exact) mass is 254 g/mol. The summed E-state index contributed by atoms with van der Waals surface area (Å²) in [7, 11) is 0. The molecule has 1 aromatic carbocycles. The van der Waals surface area contributed by atoms with Gasteiger partial charge in [0, 0.05) is 10.0 Å². The summed E-state index contributed by atoms with van der Waals surface area (Å²) in [5, 5.41) is 13.2. The molecule has 0 radical (unpaired) electrons. The number of nitrogens with zero attached hydrogens (tertiary/aromatic N) is 1. The Morgan fingerprint density at radius 1 is 1.36 bits per heavy atom. The summed E-state index contributed by atoms with van der Waals surface area (Å²) in [6.45, 7) is 0. The minimum absolute atomic E-state index is 0.134. The maximum atomic E-state index is 9.63. The first-order valence-electron chi connectivity index (χ1n) is 3.87. The second-order valence-corrected chi connectivity index (χ2v) is 3.68. The lowest BCUT2D eigenvalue weighted by Gasteiger charge is -2.01. The fourth-order valence-corrected chi connectivity index (χ4v) is 1.53. The zero-order chi connectivity index (χ0) is 10.1. The predicted octanol–water partition coefficient (Wildman–Crippen LogP) is 2.39. The van der Waals surface area contributed by atoms with Crippen molar-refractivity contribution in [1.82, 2.24) is 5.16 Å². The first-order valence-corrected chi connectivity index (χ1v) is 4.67. The van der Waals surface area contributed by atoms with Crippen molar-refractivity contribution in [2.45, 2.75) is 0 Å². The van der Waals surface area contributed by atoms with Crippen molar-refractivity contribution in [1.29, 1.82) is 0 Å². The first-order chi connectivity index (χ1) is 6.68. The highest BCUT2D eigenvalue weighted by molar-refractivity contribution is 9.10. The van der Waals surface area contributed by atoms with E-state index in [2.05, 4.69) is 21.1 Å². The van der Waals surface area contributed by atoms with Gasteiger partial charge in [-0.1, -0.05) is 21.1 Å². The van der Waals surface area contributed by atoms with Crippen LogP contribution in [0.2, 0.25) is 0 Å². The molecular weight excluding hydrogens is 248 g/mol. The summed E-state index contributed by atoms with van der Waals surface area (Å²) in [5.74, 6) is 0.330. The van der Waals surface area contributed by atoms with Crippen molar-refractivity contribution in [3.63, 3.8) is 0 Å². The summed E-state index contributed by atoms with van der Waals surface area (Å²) in [4.78, 5) is 0. The first kappa shape index (κ1) is 9.08. The third kappa shape index (κ3) is 1.46. The molecule has 3 N–H and O–H groups in total. The lowest BCUT2D eigenvalue weighted by molar-refractivity contribution is 0.436. The number of anilines is 1. The molecule has 0 saturated carbocycles. The predicted molar refractivity (Wildman–Crippen MR) is 55.7 cm³/mol. The van der Waals surface area contributed by atoms with E-state index in [1.54, 1.807) is 12.1 Å². The number of nitrogen functional groups attached to an aromatic ring is 1. The van der Waals surface area contributed by atoms with Gasteiger partial charge in [-0.25, -0.2) is 0 Å². The van der Waals surface area contributed by atoms with Gasteiger partial charge in [0.25, 0.3) is 0 Å². The number of phenols is 1. The van der Waals surface area contributed by atoms with Crippen LogP contribution in [0.3, 0.4) is 0 Å². The van der Waals surface area contributed by atoms with Gasteiger partial charge >= 0.3 is 0 Å². The molecule has 0 bridgehead atoms. The largest absolute Gasteiger partial charge is 0.507 e. The van der Waals surface area contributed by atoms with Gasteiger partial charge in [-0.15, -0.1) is 0 Å². The van der Waals surface area contributed by atoms with Crippen molar-refractivity contribution >= 4 is 21.8 Å². The molecule has 0 spiro atoms. The lowest BCUT2D eigenvalue weighted by Crippen LogP contribution is -1.85. The Morgan fingerprint density at radius 2 is 2.14 bits per heavy atom. The Morgan fingerprint density at radius 3 is 2.71 bits per heavy atom. The van der Waals surface area contributed by atoms with Gasteiger partial charge in [0.05, 0.1) is 11.8 Å². The fraction of sp³-hybridized carbons (Fsp3) is 0. The summed E-state index contributed by atoms with van der Waals surface area (Å²) in [6, 6.07) is 5.13. The van der Waals surface area contributed by atoms with Crippen molar-refractivity contribution in [3.8, 4) is 16.9 Å². The molecule has 5 heteroatoms. The maximum Gasteiger partial charge on any atom is 0.230 e. The third-order valence-electron chi connectivity index (χ3n) is 1.85. The Labute approximate surface area is 88.5 Å². The van der Waals surface area contributed by atoms with Gasteiger partial charge in [0.2, 0.25) is 5.88 Å². The van der Waals surface area contributed by atoms with Crippen molar-refractivity contribution in [2.75, 3.05) is 5.73 Å². The van der Waals surface area contributed by atoms with Crippen LogP contribution in [0, 0.1) is 0 Å². The molecule has 0 saturated heterocycles. The molecule has 0 aliphatic heterocycles. The van der Waals surface area contributed by atoms with Crippen molar-refractivity contribution < 1.29 is 9.63 Å². The average Bonchev–Trinajstić information content (AvgIpc) is 2.52. The Balaban J connectivity index is 2.58. The van der Waals surface area contributed by atoms with Crippen LogP contribution < -0.4 is 5.73 Å². The van der Waals surface area contributed by atoms with Crippen LogP contribution in [-0.4, -0.2) is 10.3 Å². The summed E-state index contributed by atoms with van der Waals surface area (Å²) in [5.41, 5.74) is 6.72. The number of hydrogen-bond donors (Lipinski definition) is 2. The van der Waals surface area contributed by atoms with Crippen LogP contribution >= 0.6 is 15.9 Å². The zero-order valence-corrected chi connectivity index (χ0v) is 8.65. The molecule has 0 atom stereocenters. The number of nitrogens with two attached hydrogens (primary N) is 1. The van der Waals surface area contributed by atoms with E-state index >= 15 is 0 Å². The van der Waals surface area contributed by atoms with Gasteiger partial charge < -0.3 is 15.4 Å². The number of aromatic nitrogens is 1. The van der Waals surface area contributed by atoms with Gasteiger partial charge in [-0.05, 0) is 18.2 Å². The molecule has 2 aromatic rings. The summed E-state index contributed by atoms with van der Waals surface area (Å²) in [6.07, 6.45) is 1.47. The highest BCUT2D eigenvalue weighted by Gasteiger charge is 2.11. The van der Waals surface area contributed by atoms with Gasteiger partial charge in [0.15, 0.2) is 0 Å². The van der Waals surface area contributed by atoms with E-state index in [-0.39, 0.29) is 11.6 Å². The smallest absolute Gasteiger partial charge is 0.230 e. The molecule has 72 valence electrons. The Hall–Kier alpha value is -1.49. The summed E-state index contributed by atoms with van der Waals surface area (Å²) >= 11 is 3.25.